The second-order valence-corrected chi connectivity index (χ2v) is 3.71. The number of hydroxylamine groups is 2. The van der Waals surface area contributed by atoms with Crippen LogP contribution in [0.4, 0.5) is 0 Å². The van der Waals surface area contributed by atoms with Crippen LogP contribution >= 0.6 is 0 Å². The van der Waals surface area contributed by atoms with Crippen LogP contribution in [0.15, 0.2) is 24.3 Å². The van der Waals surface area contributed by atoms with Gasteiger partial charge in [-0.1, -0.05) is 12.1 Å². The van der Waals surface area contributed by atoms with Crippen LogP contribution in [0.25, 0.3) is 0 Å². The first-order valence-electron chi connectivity index (χ1n) is 5.46. The standard InChI is InChI=1S/C12H12N2O4/c1-13-10(15)6-7-18-14-11(16)8-4-2-3-5-9(8)12(14)17/h2-5H,6-7H2,1H3,(H,13,15). The Morgan fingerprint density at radius 3 is 2.28 bits per heavy atom. The average Bonchev–Trinajstić information content (AvgIpc) is 2.64. The Morgan fingerprint density at radius 2 is 1.78 bits per heavy atom. The third kappa shape index (κ3) is 2.10. The van der Waals surface area contributed by atoms with Gasteiger partial charge in [-0.05, 0) is 12.1 Å². The monoisotopic (exact) mass is 248 g/mol. The molecule has 94 valence electrons. The molecule has 18 heavy (non-hydrogen) atoms. The van der Waals surface area contributed by atoms with E-state index in [-0.39, 0.29) is 18.9 Å². The molecule has 1 aromatic carbocycles. The predicted octanol–water partition coefficient (Wildman–Crippen LogP) is 0.350. The van der Waals surface area contributed by atoms with Crippen molar-refractivity contribution in [2.24, 2.45) is 0 Å². The minimum Gasteiger partial charge on any atom is -0.359 e. The minimum atomic E-state index is -0.493. The van der Waals surface area contributed by atoms with Gasteiger partial charge in [0.2, 0.25) is 5.91 Å². The highest BCUT2D eigenvalue weighted by molar-refractivity contribution is 6.20. The lowest BCUT2D eigenvalue weighted by molar-refractivity contribution is -0.127. The summed E-state index contributed by atoms with van der Waals surface area (Å²) in [6.45, 7) is -0.0227. The summed E-state index contributed by atoms with van der Waals surface area (Å²) in [7, 11) is 1.50. The molecule has 2 rings (SSSR count). The highest BCUT2D eigenvalue weighted by Crippen LogP contribution is 2.22. The summed E-state index contributed by atoms with van der Waals surface area (Å²) in [6.07, 6.45) is 0.0872. The maximum atomic E-state index is 11.8. The Morgan fingerprint density at radius 1 is 1.22 bits per heavy atom. The van der Waals surface area contributed by atoms with Gasteiger partial charge in [0, 0.05) is 7.05 Å². The molecular formula is C12H12N2O4. The summed E-state index contributed by atoms with van der Waals surface area (Å²) >= 11 is 0. The molecule has 1 N–H and O–H groups in total. The van der Waals surface area contributed by atoms with Gasteiger partial charge in [-0.2, -0.15) is 0 Å². The van der Waals surface area contributed by atoms with Crippen LogP contribution in [-0.4, -0.2) is 36.4 Å². The Bertz CT molecular complexity index is 478. The predicted molar refractivity (Wildman–Crippen MR) is 61.6 cm³/mol. The zero-order chi connectivity index (χ0) is 13.1. The molecule has 0 aliphatic carbocycles. The van der Waals surface area contributed by atoms with Crippen molar-refractivity contribution in [2.75, 3.05) is 13.7 Å². The quantitative estimate of drug-likeness (QED) is 0.780. The molecule has 1 heterocycles. The van der Waals surface area contributed by atoms with Crippen molar-refractivity contribution in [1.82, 2.24) is 10.4 Å². The molecule has 3 amide bonds. The molecule has 1 aliphatic heterocycles. The van der Waals surface area contributed by atoms with E-state index in [1.165, 1.54) is 7.05 Å². The van der Waals surface area contributed by atoms with Crippen LogP contribution in [-0.2, 0) is 9.63 Å². The number of benzene rings is 1. The van der Waals surface area contributed by atoms with E-state index in [4.69, 9.17) is 4.84 Å². The fourth-order valence-electron chi connectivity index (χ4n) is 1.64. The van der Waals surface area contributed by atoms with E-state index < -0.39 is 11.8 Å². The first-order valence-corrected chi connectivity index (χ1v) is 5.46. The fourth-order valence-corrected chi connectivity index (χ4v) is 1.64. The summed E-state index contributed by atoms with van der Waals surface area (Å²) in [6, 6.07) is 6.49. The fraction of sp³-hybridized carbons (Fsp3) is 0.250. The van der Waals surface area contributed by atoms with E-state index >= 15 is 0 Å². The molecule has 0 aromatic heterocycles. The van der Waals surface area contributed by atoms with Crippen LogP contribution in [0.5, 0.6) is 0 Å². The second-order valence-electron chi connectivity index (χ2n) is 3.71. The number of nitrogens with zero attached hydrogens (tertiary/aromatic N) is 1. The topological polar surface area (TPSA) is 75.7 Å². The van der Waals surface area contributed by atoms with Crippen LogP contribution in [0.3, 0.4) is 0 Å². The molecule has 0 saturated heterocycles. The number of imide groups is 1. The van der Waals surface area contributed by atoms with E-state index in [2.05, 4.69) is 5.32 Å². The molecule has 0 unspecified atom stereocenters. The zero-order valence-corrected chi connectivity index (χ0v) is 9.80. The van der Waals surface area contributed by atoms with E-state index in [0.29, 0.717) is 16.2 Å². The van der Waals surface area contributed by atoms with Crippen LogP contribution in [0.1, 0.15) is 27.1 Å². The maximum absolute atomic E-state index is 11.8. The SMILES string of the molecule is CNC(=O)CCON1C(=O)c2ccccc2C1=O. The molecular weight excluding hydrogens is 236 g/mol. The molecule has 6 nitrogen and oxygen atoms in total. The number of fused-ring (bicyclic) bond motifs is 1. The Balaban J connectivity index is 2.03. The van der Waals surface area contributed by atoms with Gasteiger partial charge in [0.05, 0.1) is 24.2 Å². The first-order chi connectivity index (χ1) is 8.65. The van der Waals surface area contributed by atoms with E-state index in [1.54, 1.807) is 24.3 Å². The summed E-state index contributed by atoms with van der Waals surface area (Å²) in [5.74, 6) is -1.20. The zero-order valence-electron chi connectivity index (χ0n) is 9.80. The molecule has 0 spiro atoms. The van der Waals surface area contributed by atoms with Gasteiger partial charge in [0.25, 0.3) is 11.8 Å². The lowest BCUT2D eigenvalue weighted by Crippen LogP contribution is -2.31. The number of nitrogens with one attached hydrogen (secondary N) is 1. The van der Waals surface area contributed by atoms with Crippen molar-refractivity contribution in [2.45, 2.75) is 6.42 Å². The van der Waals surface area contributed by atoms with Gasteiger partial charge in [-0.3, -0.25) is 19.2 Å². The number of hydrogen-bond donors (Lipinski definition) is 1. The number of carbonyl (C=O) groups excluding carboxylic acids is 3. The molecule has 0 atom stereocenters. The highest BCUT2D eigenvalue weighted by Gasteiger charge is 2.36. The molecule has 1 aromatic rings. The van der Waals surface area contributed by atoms with Crippen molar-refractivity contribution in [3.63, 3.8) is 0 Å². The van der Waals surface area contributed by atoms with Crippen molar-refractivity contribution in [3.8, 4) is 0 Å². The summed E-state index contributed by atoms with van der Waals surface area (Å²) < 4.78 is 0. The van der Waals surface area contributed by atoms with E-state index in [0.717, 1.165) is 0 Å². The Labute approximate surface area is 103 Å². The Kier molecular flexibility index (Phi) is 3.38. The van der Waals surface area contributed by atoms with Crippen molar-refractivity contribution in [1.29, 1.82) is 0 Å². The minimum absolute atomic E-state index is 0.0227. The average molecular weight is 248 g/mol. The van der Waals surface area contributed by atoms with Crippen LogP contribution < -0.4 is 5.32 Å². The number of hydrogen-bond acceptors (Lipinski definition) is 4. The summed E-state index contributed by atoms with van der Waals surface area (Å²) in [5.41, 5.74) is 0.643. The molecule has 0 fully saturated rings. The van der Waals surface area contributed by atoms with Crippen LogP contribution in [0.2, 0.25) is 0 Å². The lowest BCUT2D eigenvalue weighted by atomic mass is 10.1. The molecule has 0 saturated carbocycles. The van der Waals surface area contributed by atoms with E-state index in [9.17, 15) is 14.4 Å². The largest absolute Gasteiger partial charge is 0.359 e. The normalized spacial score (nSPS) is 13.7. The van der Waals surface area contributed by atoms with E-state index in [1.807, 2.05) is 0 Å². The van der Waals surface area contributed by atoms with Gasteiger partial charge in [-0.25, -0.2) is 0 Å². The highest BCUT2D eigenvalue weighted by atomic mass is 16.7. The lowest BCUT2D eigenvalue weighted by Gasteiger charge is -2.12. The third-order valence-corrected chi connectivity index (χ3v) is 2.59. The van der Waals surface area contributed by atoms with Gasteiger partial charge < -0.3 is 5.32 Å². The number of rotatable bonds is 4. The summed E-state index contributed by atoms with van der Waals surface area (Å²) in [5, 5.41) is 3.12. The van der Waals surface area contributed by atoms with Gasteiger partial charge in [-0.15, -0.1) is 5.06 Å². The third-order valence-electron chi connectivity index (χ3n) is 2.59. The van der Waals surface area contributed by atoms with Gasteiger partial charge >= 0.3 is 0 Å². The van der Waals surface area contributed by atoms with Crippen molar-refractivity contribution < 1.29 is 19.2 Å². The van der Waals surface area contributed by atoms with Crippen molar-refractivity contribution in [3.05, 3.63) is 35.4 Å². The number of carbonyl (C=O) groups is 3. The first kappa shape index (κ1) is 12.3. The molecule has 0 bridgehead atoms. The molecule has 0 radical (unpaired) electrons. The van der Waals surface area contributed by atoms with Gasteiger partial charge in [0.15, 0.2) is 0 Å². The molecule has 1 aliphatic rings. The Hall–Kier alpha value is -2.21. The maximum Gasteiger partial charge on any atom is 0.285 e. The second kappa shape index (κ2) is 4.97. The van der Waals surface area contributed by atoms with Crippen LogP contribution in [0, 0.1) is 0 Å². The number of amides is 3. The smallest absolute Gasteiger partial charge is 0.285 e. The molecule has 6 heteroatoms. The van der Waals surface area contributed by atoms with Crippen molar-refractivity contribution >= 4 is 17.7 Å². The summed E-state index contributed by atoms with van der Waals surface area (Å²) in [4.78, 5) is 39.7. The van der Waals surface area contributed by atoms with Gasteiger partial charge in [0.1, 0.15) is 0 Å².